The number of phenols is 1. The van der Waals surface area contributed by atoms with Crippen molar-refractivity contribution in [3.63, 3.8) is 0 Å². The second-order valence-electron chi connectivity index (χ2n) is 3.30. The molecule has 0 fully saturated rings. The van der Waals surface area contributed by atoms with Gasteiger partial charge in [0.2, 0.25) is 4.77 Å². The topological polar surface area (TPSA) is 104 Å². The number of anilines is 1. The van der Waals surface area contributed by atoms with Gasteiger partial charge in [-0.05, 0) is 53.0 Å². The summed E-state index contributed by atoms with van der Waals surface area (Å²) >= 11 is 6.95. The summed E-state index contributed by atoms with van der Waals surface area (Å²) in [6.07, 6.45) is 1.46. The molecule has 18 heavy (non-hydrogen) atoms. The predicted molar refractivity (Wildman–Crippen MR) is 79.6 cm³/mol. The lowest BCUT2D eigenvalue weighted by Gasteiger charge is -2.00. The van der Waals surface area contributed by atoms with Gasteiger partial charge in [0.15, 0.2) is 0 Å². The Morgan fingerprint density at radius 1 is 1.61 bits per heavy atom. The SMILES string of the molecule is Nn1c(NN=Cc2ccc(I)cc2O)n[nH]c1=S. The molecule has 0 unspecified atom stereocenters. The summed E-state index contributed by atoms with van der Waals surface area (Å²) in [5.41, 5.74) is 3.19. The minimum absolute atomic E-state index is 0.152. The van der Waals surface area contributed by atoms with Crippen LogP contribution in [-0.4, -0.2) is 26.2 Å². The van der Waals surface area contributed by atoms with Crippen LogP contribution in [0.5, 0.6) is 5.75 Å². The van der Waals surface area contributed by atoms with Crippen LogP contribution in [0.1, 0.15) is 5.56 Å². The number of aromatic nitrogens is 3. The third-order valence-corrected chi connectivity index (χ3v) is 3.02. The Morgan fingerprint density at radius 3 is 3.00 bits per heavy atom. The molecule has 2 rings (SSSR count). The minimum Gasteiger partial charge on any atom is -0.507 e. The van der Waals surface area contributed by atoms with Gasteiger partial charge in [0.05, 0.1) is 6.21 Å². The maximum atomic E-state index is 9.66. The molecule has 2 aromatic rings. The molecule has 0 amide bonds. The zero-order chi connectivity index (χ0) is 13.1. The first kappa shape index (κ1) is 12.8. The number of rotatable bonds is 3. The molecule has 1 aromatic carbocycles. The van der Waals surface area contributed by atoms with E-state index in [0.717, 1.165) is 8.25 Å². The highest BCUT2D eigenvalue weighted by molar-refractivity contribution is 14.1. The first-order valence-electron chi connectivity index (χ1n) is 4.78. The van der Waals surface area contributed by atoms with Crippen molar-refractivity contribution in [1.29, 1.82) is 0 Å². The lowest BCUT2D eigenvalue weighted by molar-refractivity contribution is 0.474. The van der Waals surface area contributed by atoms with Crippen LogP contribution >= 0.6 is 34.8 Å². The van der Waals surface area contributed by atoms with E-state index in [4.69, 9.17) is 18.1 Å². The van der Waals surface area contributed by atoms with Gasteiger partial charge in [0, 0.05) is 9.13 Å². The van der Waals surface area contributed by atoms with Crippen LogP contribution in [0.3, 0.4) is 0 Å². The second kappa shape index (κ2) is 5.35. The average Bonchev–Trinajstić information content (AvgIpc) is 2.64. The number of hydrogen-bond acceptors (Lipinski definition) is 6. The Labute approximate surface area is 121 Å². The van der Waals surface area contributed by atoms with Crippen molar-refractivity contribution in [2.45, 2.75) is 0 Å². The lowest BCUT2D eigenvalue weighted by Crippen LogP contribution is -2.11. The standard InChI is InChI=1S/C9H9IN6OS/c10-6-2-1-5(7(17)3-6)4-12-13-8-14-15-9(18)16(8)11/h1-4,17H,11H2,(H,13,14)(H,15,18). The molecular formula is C9H9IN6OS. The van der Waals surface area contributed by atoms with Crippen molar-refractivity contribution in [2.24, 2.45) is 5.10 Å². The summed E-state index contributed by atoms with van der Waals surface area (Å²) in [6, 6.07) is 5.25. The average molecular weight is 376 g/mol. The van der Waals surface area contributed by atoms with E-state index in [1.807, 2.05) is 6.07 Å². The third-order valence-electron chi connectivity index (χ3n) is 2.07. The van der Waals surface area contributed by atoms with Crippen molar-refractivity contribution in [2.75, 3.05) is 11.3 Å². The molecule has 0 saturated heterocycles. The molecule has 0 aliphatic heterocycles. The number of nitrogen functional groups attached to an aromatic ring is 1. The third kappa shape index (κ3) is 2.79. The fraction of sp³-hybridized carbons (Fsp3) is 0. The summed E-state index contributed by atoms with van der Waals surface area (Å²) in [5.74, 6) is 5.99. The fourth-order valence-electron chi connectivity index (χ4n) is 1.17. The molecule has 0 aliphatic carbocycles. The Morgan fingerprint density at radius 2 is 2.39 bits per heavy atom. The minimum atomic E-state index is 0.152. The van der Waals surface area contributed by atoms with Crippen LogP contribution in [0.4, 0.5) is 5.95 Å². The van der Waals surface area contributed by atoms with Crippen molar-refractivity contribution in [1.82, 2.24) is 14.9 Å². The normalized spacial score (nSPS) is 10.9. The molecule has 0 spiro atoms. The summed E-state index contributed by atoms with van der Waals surface area (Å²) < 4.78 is 2.38. The van der Waals surface area contributed by atoms with Gasteiger partial charge in [0.1, 0.15) is 5.75 Å². The predicted octanol–water partition coefficient (Wildman–Crippen LogP) is 1.41. The number of nitrogens with two attached hydrogens (primary N) is 1. The van der Waals surface area contributed by atoms with Gasteiger partial charge < -0.3 is 10.9 Å². The summed E-state index contributed by atoms with van der Waals surface area (Å²) in [6.45, 7) is 0. The summed E-state index contributed by atoms with van der Waals surface area (Å²) in [4.78, 5) is 0. The van der Waals surface area contributed by atoms with Crippen LogP contribution in [0.25, 0.3) is 0 Å². The molecule has 94 valence electrons. The van der Waals surface area contributed by atoms with E-state index in [1.54, 1.807) is 12.1 Å². The van der Waals surface area contributed by atoms with Crippen LogP contribution in [0.2, 0.25) is 0 Å². The largest absolute Gasteiger partial charge is 0.507 e. The van der Waals surface area contributed by atoms with Gasteiger partial charge in [-0.2, -0.15) is 9.78 Å². The number of benzene rings is 1. The van der Waals surface area contributed by atoms with E-state index in [9.17, 15) is 5.11 Å². The highest BCUT2D eigenvalue weighted by Gasteiger charge is 2.01. The Kier molecular flexibility index (Phi) is 3.81. The molecule has 0 radical (unpaired) electrons. The van der Waals surface area contributed by atoms with Gasteiger partial charge in [-0.25, -0.2) is 10.5 Å². The van der Waals surface area contributed by atoms with Crippen LogP contribution in [0.15, 0.2) is 23.3 Å². The molecule has 7 nitrogen and oxygen atoms in total. The molecule has 0 saturated carbocycles. The molecule has 1 aromatic heterocycles. The molecule has 0 aliphatic rings. The smallest absolute Gasteiger partial charge is 0.262 e. The Hall–Kier alpha value is -1.62. The molecule has 1 heterocycles. The van der Waals surface area contributed by atoms with Crippen molar-refractivity contribution in [3.8, 4) is 5.75 Å². The zero-order valence-electron chi connectivity index (χ0n) is 8.96. The van der Waals surface area contributed by atoms with E-state index in [2.05, 4.69) is 43.3 Å². The van der Waals surface area contributed by atoms with Gasteiger partial charge in [-0.1, -0.05) is 0 Å². The van der Waals surface area contributed by atoms with Gasteiger partial charge in [-0.3, -0.25) is 0 Å². The van der Waals surface area contributed by atoms with Crippen molar-refractivity contribution in [3.05, 3.63) is 32.1 Å². The monoisotopic (exact) mass is 376 g/mol. The highest BCUT2D eigenvalue weighted by Crippen LogP contribution is 2.18. The number of phenolic OH excluding ortho intramolecular Hbond substituents is 1. The van der Waals surface area contributed by atoms with E-state index in [1.165, 1.54) is 6.21 Å². The maximum absolute atomic E-state index is 9.66. The van der Waals surface area contributed by atoms with Crippen molar-refractivity contribution >= 4 is 47.0 Å². The van der Waals surface area contributed by atoms with E-state index in [0.29, 0.717) is 5.56 Å². The number of hydrogen-bond donors (Lipinski definition) is 4. The van der Waals surface area contributed by atoms with Crippen molar-refractivity contribution < 1.29 is 5.11 Å². The number of nitrogens with zero attached hydrogens (tertiary/aromatic N) is 3. The maximum Gasteiger partial charge on any atom is 0.262 e. The molecular weight excluding hydrogens is 367 g/mol. The van der Waals surface area contributed by atoms with Crippen LogP contribution in [-0.2, 0) is 0 Å². The molecule has 0 bridgehead atoms. The number of aromatic hydroxyl groups is 1. The second-order valence-corrected chi connectivity index (χ2v) is 4.93. The van der Waals surface area contributed by atoms with E-state index >= 15 is 0 Å². The molecule has 5 N–H and O–H groups in total. The van der Waals surface area contributed by atoms with E-state index in [-0.39, 0.29) is 16.5 Å². The highest BCUT2D eigenvalue weighted by atomic mass is 127. The summed E-state index contributed by atoms with van der Waals surface area (Å²) in [7, 11) is 0. The molecule has 0 atom stereocenters. The Balaban J connectivity index is 2.12. The van der Waals surface area contributed by atoms with Crippen LogP contribution < -0.4 is 11.3 Å². The fourth-order valence-corrected chi connectivity index (χ4v) is 1.78. The first-order valence-corrected chi connectivity index (χ1v) is 6.26. The van der Waals surface area contributed by atoms with Gasteiger partial charge >= 0.3 is 0 Å². The van der Waals surface area contributed by atoms with Gasteiger partial charge in [-0.15, -0.1) is 5.10 Å². The Bertz CT molecular complexity index is 649. The lowest BCUT2D eigenvalue weighted by atomic mass is 10.2. The van der Waals surface area contributed by atoms with Crippen LogP contribution in [0, 0.1) is 8.34 Å². The zero-order valence-corrected chi connectivity index (χ0v) is 11.9. The first-order chi connectivity index (χ1) is 8.58. The summed E-state index contributed by atoms with van der Waals surface area (Å²) in [5, 5.41) is 19.9. The number of nitrogens with one attached hydrogen (secondary N) is 2. The van der Waals surface area contributed by atoms with E-state index < -0.39 is 0 Å². The van der Waals surface area contributed by atoms with Gasteiger partial charge in [0.25, 0.3) is 5.95 Å². The number of H-pyrrole nitrogens is 1. The quantitative estimate of drug-likeness (QED) is 0.213. The number of aromatic amines is 1. The number of hydrazone groups is 1. The number of halogens is 1. The molecule has 9 heteroatoms.